The van der Waals surface area contributed by atoms with Gasteiger partial charge in [-0.25, -0.2) is 17.8 Å². The first-order chi connectivity index (χ1) is 14.4. The first-order valence-electron chi connectivity index (χ1n) is 9.48. The molecule has 0 amide bonds. The largest absolute Gasteiger partial charge is 0.439 e. The number of ether oxygens (including phenoxy) is 1. The maximum atomic E-state index is 13.0. The third-order valence-corrected chi connectivity index (χ3v) is 6.74. The summed E-state index contributed by atoms with van der Waals surface area (Å²) in [6.07, 6.45) is 3.02. The second kappa shape index (κ2) is 8.33. The molecule has 0 atom stereocenters. The Hall–Kier alpha value is -3.10. The summed E-state index contributed by atoms with van der Waals surface area (Å²) in [5.41, 5.74) is 0.829. The fraction of sp³-hybridized carbons (Fsp3) is 0.182. The van der Waals surface area contributed by atoms with Crippen molar-refractivity contribution in [3.63, 3.8) is 0 Å². The number of hydrogen-bond acceptors (Lipinski definition) is 5. The lowest BCUT2D eigenvalue weighted by Gasteiger charge is -2.15. The Morgan fingerprint density at radius 2 is 1.50 bits per heavy atom. The van der Waals surface area contributed by atoms with E-state index >= 15 is 0 Å². The zero-order valence-electron chi connectivity index (χ0n) is 16.0. The molecule has 0 saturated carbocycles. The highest BCUT2D eigenvalue weighted by Crippen LogP contribution is 2.24. The van der Waals surface area contributed by atoms with E-state index in [2.05, 4.69) is 4.98 Å². The van der Waals surface area contributed by atoms with E-state index in [-0.39, 0.29) is 16.6 Å². The van der Waals surface area contributed by atoms with Gasteiger partial charge in [-0.05, 0) is 67.4 Å². The van der Waals surface area contributed by atoms with Gasteiger partial charge in [-0.1, -0.05) is 0 Å². The number of halogens is 1. The number of carbonyl (C=O) groups excluding carboxylic acids is 1. The Kier molecular flexibility index (Phi) is 5.61. The van der Waals surface area contributed by atoms with E-state index in [0.29, 0.717) is 30.0 Å². The van der Waals surface area contributed by atoms with Crippen LogP contribution < -0.4 is 4.74 Å². The van der Waals surface area contributed by atoms with Crippen LogP contribution in [0.4, 0.5) is 4.39 Å². The fourth-order valence-corrected chi connectivity index (χ4v) is 4.68. The highest BCUT2D eigenvalue weighted by molar-refractivity contribution is 7.89. The highest BCUT2D eigenvalue weighted by atomic mass is 32.2. The lowest BCUT2D eigenvalue weighted by Crippen LogP contribution is -2.27. The van der Waals surface area contributed by atoms with Crippen LogP contribution in [0.5, 0.6) is 11.6 Å². The topological polar surface area (TPSA) is 76.6 Å². The predicted octanol–water partition coefficient (Wildman–Crippen LogP) is 4.03. The van der Waals surface area contributed by atoms with Crippen molar-refractivity contribution in [1.29, 1.82) is 0 Å². The molecule has 1 aromatic heterocycles. The van der Waals surface area contributed by atoms with Crippen molar-refractivity contribution >= 4 is 15.8 Å². The highest BCUT2D eigenvalue weighted by Gasteiger charge is 2.27. The maximum absolute atomic E-state index is 13.0. The summed E-state index contributed by atoms with van der Waals surface area (Å²) < 4.78 is 45.2. The average molecular weight is 426 g/mol. The minimum absolute atomic E-state index is 0.136. The zero-order valence-corrected chi connectivity index (χ0v) is 16.8. The molecule has 1 aliphatic rings. The molecular formula is C22H19FN2O4S. The van der Waals surface area contributed by atoms with Crippen molar-refractivity contribution in [2.75, 3.05) is 13.1 Å². The van der Waals surface area contributed by atoms with Gasteiger partial charge in [0.25, 0.3) is 0 Å². The van der Waals surface area contributed by atoms with Gasteiger partial charge in [-0.3, -0.25) is 4.79 Å². The summed E-state index contributed by atoms with van der Waals surface area (Å²) in [5.74, 6) is 0.0690. The summed E-state index contributed by atoms with van der Waals surface area (Å²) in [6, 6.07) is 14.8. The second-order valence-electron chi connectivity index (χ2n) is 6.91. The van der Waals surface area contributed by atoms with Crippen molar-refractivity contribution < 1.29 is 22.3 Å². The molecule has 0 aliphatic carbocycles. The molecule has 0 unspecified atom stereocenters. The van der Waals surface area contributed by atoms with Gasteiger partial charge in [0.1, 0.15) is 16.5 Å². The summed E-state index contributed by atoms with van der Waals surface area (Å²) in [4.78, 5) is 16.7. The molecule has 0 bridgehead atoms. The molecule has 4 rings (SSSR count). The van der Waals surface area contributed by atoms with Gasteiger partial charge in [0, 0.05) is 30.3 Å². The summed E-state index contributed by atoms with van der Waals surface area (Å²) in [5, 5.41) is 0. The van der Waals surface area contributed by atoms with E-state index < -0.39 is 15.8 Å². The van der Waals surface area contributed by atoms with Gasteiger partial charge in [-0.2, -0.15) is 4.31 Å². The first kappa shape index (κ1) is 20.2. The summed E-state index contributed by atoms with van der Waals surface area (Å²) >= 11 is 0. The van der Waals surface area contributed by atoms with E-state index in [4.69, 9.17) is 4.74 Å². The van der Waals surface area contributed by atoms with Gasteiger partial charge >= 0.3 is 0 Å². The van der Waals surface area contributed by atoms with Crippen LogP contribution in [-0.4, -0.2) is 36.6 Å². The molecule has 1 aliphatic heterocycles. The van der Waals surface area contributed by atoms with Crippen molar-refractivity contribution in [2.24, 2.45) is 0 Å². The number of pyridine rings is 1. The van der Waals surface area contributed by atoms with Crippen LogP contribution >= 0.6 is 0 Å². The van der Waals surface area contributed by atoms with Crippen molar-refractivity contribution in [3.05, 3.63) is 83.8 Å². The molecule has 0 N–H and O–H groups in total. The minimum Gasteiger partial charge on any atom is -0.439 e. The molecule has 2 aromatic carbocycles. The molecular weight excluding hydrogens is 407 g/mol. The minimum atomic E-state index is -3.52. The quantitative estimate of drug-likeness (QED) is 0.556. The van der Waals surface area contributed by atoms with Gasteiger partial charge in [-0.15, -0.1) is 0 Å². The molecule has 1 fully saturated rings. The van der Waals surface area contributed by atoms with E-state index in [1.807, 2.05) is 0 Å². The van der Waals surface area contributed by atoms with Crippen LogP contribution in [0.3, 0.4) is 0 Å². The van der Waals surface area contributed by atoms with Crippen LogP contribution in [0.1, 0.15) is 28.8 Å². The Labute approximate surface area is 174 Å². The number of ketones is 1. The van der Waals surface area contributed by atoms with E-state index in [9.17, 15) is 17.6 Å². The van der Waals surface area contributed by atoms with E-state index in [1.54, 1.807) is 24.3 Å². The second-order valence-corrected chi connectivity index (χ2v) is 8.84. The summed E-state index contributed by atoms with van der Waals surface area (Å²) in [7, 11) is -3.52. The van der Waals surface area contributed by atoms with Gasteiger partial charge in [0.2, 0.25) is 15.9 Å². The van der Waals surface area contributed by atoms with Crippen LogP contribution in [-0.2, 0) is 10.0 Å². The molecule has 30 heavy (non-hydrogen) atoms. The molecule has 0 spiro atoms. The van der Waals surface area contributed by atoms with E-state index in [1.165, 1.54) is 46.9 Å². The molecule has 8 heteroatoms. The number of sulfonamides is 1. The first-order valence-corrected chi connectivity index (χ1v) is 10.9. The van der Waals surface area contributed by atoms with E-state index in [0.717, 1.165) is 12.8 Å². The molecule has 2 heterocycles. The predicted molar refractivity (Wildman–Crippen MR) is 109 cm³/mol. The maximum Gasteiger partial charge on any atom is 0.244 e. The normalized spacial score (nSPS) is 14.6. The third-order valence-electron chi connectivity index (χ3n) is 4.86. The third kappa shape index (κ3) is 4.24. The zero-order chi connectivity index (χ0) is 21.1. The summed E-state index contributed by atoms with van der Waals surface area (Å²) in [6.45, 7) is 1.06. The molecule has 6 nitrogen and oxygen atoms in total. The average Bonchev–Trinajstić information content (AvgIpc) is 3.31. The molecule has 1 saturated heterocycles. The number of hydrogen-bond donors (Lipinski definition) is 0. The SMILES string of the molecule is O=C(c1ccc(F)cc1)c1ccc(Oc2ccc(S(=O)(=O)N3CCCC3)cn2)cc1. The molecule has 3 aromatic rings. The monoisotopic (exact) mass is 426 g/mol. The Bertz CT molecular complexity index is 1140. The number of rotatable bonds is 6. The number of carbonyl (C=O) groups is 1. The van der Waals surface area contributed by atoms with Crippen LogP contribution in [0.2, 0.25) is 0 Å². The standard InChI is InChI=1S/C22H19FN2O4S/c23-18-7-3-16(4-8-18)22(26)17-5-9-19(10-6-17)29-21-12-11-20(15-24-21)30(27,28)25-13-1-2-14-25/h3-12,15H,1-2,13-14H2. The lowest BCUT2D eigenvalue weighted by atomic mass is 10.0. The fourth-order valence-electron chi connectivity index (χ4n) is 3.22. The Morgan fingerprint density at radius 3 is 2.07 bits per heavy atom. The number of nitrogens with zero attached hydrogens (tertiary/aromatic N) is 2. The Balaban J connectivity index is 1.44. The van der Waals surface area contributed by atoms with Gasteiger partial charge in [0.05, 0.1) is 6.20 Å². The van der Waals surface area contributed by atoms with Gasteiger partial charge in [0.15, 0.2) is 5.78 Å². The van der Waals surface area contributed by atoms with Crippen molar-refractivity contribution in [3.8, 4) is 11.6 Å². The lowest BCUT2D eigenvalue weighted by molar-refractivity contribution is 0.103. The Morgan fingerprint density at radius 1 is 0.900 bits per heavy atom. The van der Waals surface area contributed by atoms with Crippen LogP contribution in [0.25, 0.3) is 0 Å². The van der Waals surface area contributed by atoms with Crippen molar-refractivity contribution in [2.45, 2.75) is 17.7 Å². The van der Waals surface area contributed by atoms with Crippen molar-refractivity contribution in [1.82, 2.24) is 9.29 Å². The van der Waals surface area contributed by atoms with Crippen LogP contribution in [0, 0.1) is 5.82 Å². The number of aromatic nitrogens is 1. The van der Waals surface area contributed by atoms with Gasteiger partial charge < -0.3 is 4.74 Å². The molecule has 154 valence electrons. The molecule has 0 radical (unpaired) electrons. The van der Waals surface area contributed by atoms with Crippen LogP contribution in [0.15, 0.2) is 71.8 Å². The number of benzene rings is 2. The smallest absolute Gasteiger partial charge is 0.244 e.